The Balaban J connectivity index is 1.98. The summed E-state index contributed by atoms with van der Waals surface area (Å²) in [5.74, 6) is -2.16. The highest BCUT2D eigenvalue weighted by molar-refractivity contribution is 5.96. The highest BCUT2D eigenvalue weighted by atomic mass is 19.1. The van der Waals surface area contributed by atoms with Crippen LogP contribution in [0, 0.1) is 5.82 Å². The topological polar surface area (TPSA) is 92.8 Å². The van der Waals surface area contributed by atoms with Gasteiger partial charge in [0, 0.05) is 16.8 Å². The number of carbonyl (C=O) groups excluding carboxylic acids is 4. The number of rotatable bonds is 7. The molecule has 2 rings (SSSR count). The van der Waals surface area contributed by atoms with Crippen LogP contribution in [0.1, 0.15) is 41.5 Å². The van der Waals surface area contributed by atoms with Gasteiger partial charge >= 0.3 is 5.97 Å². The molecule has 158 valence electrons. The lowest BCUT2D eigenvalue weighted by molar-refractivity contribution is -0.142. The first kappa shape index (κ1) is 22.7. The minimum atomic E-state index is -0.717. The Morgan fingerprint density at radius 2 is 1.63 bits per heavy atom. The van der Waals surface area contributed by atoms with Crippen molar-refractivity contribution in [1.29, 1.82) is 0 Å². The smallest absolute Gasteiger partial charge is 0.338 e. The molecule has 2 aromatic rings. The van der Waals surface area contributed by atoms with Gasteiger partial charge < -0.3 is 15.0 Å². The zero-order chi connectivity index (χ0) is 22.3. The molecule has 7 nitrogen and oxygen atoms in total. The van der Waals surface area contributed by atoms with Gasteiger partial charge in [-0.2, -0.15) is 0 Å². The SMILES string of the molecule is CC(C)(C)N(CC(=O)Nc1ccc(F)cc1)C(=O)COC(=O)c1ccc(C=O)cc1. The molecule has 0 aliphatic carbocycles. The molecule has 0 fully saturated rings. The van der Waals surface area contributed by atoms with Gasteiger partial charge in [0.05, 0.1) is 5.56 Å². The summed E-state index contributed by atoms with van der Waals surface area (Å²) < 4.78 is 18.0. The predicted molar refractivity (Wildman–Crippen MR) is 109 cm³/mol. The predicted octanol–water partition coefficient (Wildman–Crippen LogP) is 3.06. The van der Waals surface area contributed by atoms with E-state index in [9.17, 15) is 23.6 Å². The molecular formula is C22H23FN2O5. The van der Waals surface area contributed by atoms with Crippen LogP contribution in [0.15, 0.2) is 48.5 Å². The second-order valence-electron chi connectivity index (χ2n) is 7.52. The van der Waals surface area contributed by atoms with Crippen LogP contribution in [0.2, 0.25) is 0 Å². The highest BCUT2D eigenvalue weighted by Crippen LogP contribution is 2.15. The Hall–Kier alpha value is -3.55. The van der Waals surface area contributed by atoms with Crippen molar-refractivity contribution in [2.24, 2.45) is 0 Å². The standard InChI is InChI=1S/C22H23FN2O5/c1-22(2,3)25(12-19(27)24-18-10-8-17(23)9-11-18)20(28)14-30-21(29)16-6-4-15(13-26)5-7-16/h4-11,13H,12,14H2,1-3H3,(H,24,27). The number of nitrogens with zero attached hydrogens (tertiary/aromatic N) is 1. The first-order valence-electron chi connectivity index (χ1n) is 9.18. The van der Waals surface area contributed by atoms with Gasteiger partial charge in [0.1, 0.15) is 18.6 Å². The van der Waals surface area contributed by atoms with E-state index < -0.39 is 35.7 Å². The van der Waals surface area contributed by atoms with E-state index in [2.05, 4.69) is 5.32 Å². The summed E-state index contributed by atoms with van der Waals surface area (Å²) in [4.78, 5) is 49.1. The maximum absolute atomic E-state index is 13.0. The highest BCUT2D eigenvalue weighted by Gasteiger charge is 2.29. The molecule has 0 atom stereocenters. The minimum Gasteiger partial charge on any atom is -0.452 e. The summed E-state index contributed by atoms with van der Waals surface area (Å²) in [5, 5.41) is 2.59. The Bertz CT molecular complexity index is 918. The molecule has 0 aliphatic heterocycles. The van der Waals surface area contributed by atoms with Gasteiger partial charge in [-0.15, -0.1) is 0 Å². The van der Waals surface area contributed by atoms with E-state index in [4.69, 9.17) is 4.74 Å². The first-order chi connectivity index (χ1) is 14.1. The lowest BCUT2D eigenvalue weighted by atomic mass is 10.1. The minimum absolute atomic E-state index is 0.199. The summed E-state index contributed by atoms with van der Waals surface area (Å²) >= 11 is 0. The molecule has 0 spiro atoms. The van der Waals surface area contributed by atoms with Crippen LogP contribution in [0.4, 0.5) is 10.1 Å². The first-order valence-corrected chi connectivity index (χ1v) is 9.18. The number of anilines is 1. The number of esters is 1. The second kappa shape index (κ2) is 9.78. The van der Waals surface area contributed by atoms with Crippen LogP contribution in [-0.4, -0.2) is 47.7 Å². The van der Waals surface area contributed by atoms with Crippen molar-refractivity contribution in [3.05, 3.63) is 65.5 Å². The van der Waals surface area contributed by atoms with Gasteiger partial charge in [-0.3, -0.25) is 14.4 Å². The van der Waals surface area contributed by atoms with Crippen molar-refractivity contribution in [1.82, 2.24) is 4.90 Å². The zero-order valence-corrected chi connectivity index (χ0v) is 17.0. The Morgan fingerprint density at radius 3 is 2.17 bits per heavy atom. The van der Waals surface area contributed by atoms with E-state index in [0.717, 1.165) is 0 Å². The lowest BCUT2D eigenvalue weighted by Gasteiger charge is -2.35. The third-order valence-electron chi connectivity index (χ3n) is 4.15. The molecule has 2 aromatic carbocycles. The number of hydrogen-bond acceptors (Lipinski definition) is 5. The molecule has 0 saturated heterocycles. The normalized spacial score (nSPS) is 10.8. The summed E-state index contributed by atoms with van der Waals surface area (Å²) in [6, 6.07) is 11.0. The molecule has 0 heterocycles. The number of ether oxygens (including phenoxy) is 1. The molecule has 30 heavy (non-hydrogen) atoms. The third-order valence-corrected chi connectivity index (χ3v) is 4.15. The molecule has 0 aliphatic rings. The molecule has 0 saturated carbocycles. The molecule has 8 heteroatoms. The number of carbonyl (C=O) groups is 4. The van der Waals surface area contributed by atoms with Crippen LogP contribution < -0.4 is 5.32 Å². The van der Waals surface area contributed by atoms with Crippen molar-refractivity contribution in [2.75, 3.05) is 18.5 Å². The van der Waals surface area contributed by atoms with Gasteiger partial charge in [-0.1, -0.05) is 12.1 Å². The molecule has 0 radical (unpaired) electrons. The fourth-order valence-corrected chi connectivity index (χ4v) is 2.56. The fraction of sp³-hybridized carbons (Fsp3) is 0.273. The maximum atomic E-state index is 13.0. The summed E-state index contributed by atoms with van der Waals surface area (Å²) in [7, 11) is 0. The zero-order valence-electron chi connectivity index (χ0n) is 17.0. The summed E-state index contributed by atoms with van der Waals surface area (Å²) in [6.07, 6.45) is 0.650. The molecule has 2 amide bonds. The number of halogens is 1. The molecule has 1 N–H and O–H groups in total. The van der Waals surface area contributed by atoms with E-state index in [1.807, 2.05) is 0 Å². The van der Waals surface area contributed by atoms with Gasteiger partial charge in [0.2, 0.25) is 5.91 Å². The molecule has 0 bridgehead atoms. The monoisotopic (exact) mass is 414 g/mol. The van der Waals surface area contributed by atoms with Crippen molar-refractivity contribution < 1.29 is 28.3 Å². The number of nitrogens with one attached hydrogen (secondary N) is 1. The van der Waals surface area contributed by atoms with Crippen molar-refractivity contribution in [3.63, 3.8) is 0 Å². The Labute approximate surface area is 173 Å². The molecular weight excluding hydrogens is 391 g/mol. The Morgan fingerprint density at radius 1 is 1.03 bits per heavy atom. The average Bonchev–Trinajstić information content (AvgIpc) is 2.71. The summed E-state index contributed by atoms with van der Waals surface area (Å²) in [5.41, 5.74) is 0.293. The lowest BCUT2D eigenvalue weighted by Crippen LogP contribution is -2.50. The van der Waals surface area contributed by atoms with Gasteiger partial charge in [-0.25, -0.2) is 9.18 Å². The van der Waals surface area contributed by atoms with E-state index >= 15 is 0 Å². The number of aldehydes is 1. The van der Waals surface area contributed by atoms with Crippen LogP contribution in [0.5, 0.6) is 0 Å². The van der Waals surface area contributed by atoms with Gasteiger partial charge in [-0.05, 0) is 57.2 Å². The van der Waals surface area contributed by atoms with Crippen LogP contribution >= 0.6 is 0 Å². The molecule has 0 unspecified atom stereocenters. The third kappa shape index (κ3) is 6.51. The van der Waals surface area contributed by atoms with Crippen molar-refractivity contribution >= 4 is 29.8 Å². The van der Waals surface area contributed by atoms with Gasteiger partial charge in [0.15, 0.2) is 6.61 Å². The van der Waals surface area contributed by atoms with Crippen molar-refractivity contribution in [3.8, 4) is 0 Å². The Kier molecular flexibility index (Phi) is 7.41. The number of hydrogen-bond donors (Lipinski definition) is 1. The maximum Gasteiger partial charge on any atom is 0.338 e. The quantitative estimate of drug-likeness (QED) is 0.555. The van der Waals surface area contributed by atoms with Gasteiger partial charge in [0.25, 0.3) is 5.91 Å². The fourth-order valence-electron chi connectivity index (χ4n) is 2.56. The number of benzene rings is 2. The van der Waals surface area contributed by atoms with Crippen LogP contribution in [0.3, 0.4) is 0 Å². The largest absolute Gasteiger partial charge is 0.452 e. The van der Waals surface area contributed by atoms with E-state index in [-0.39, 0.29) is 12.1 Å². The molecule has 0 aromatic heterocycles. The van der Waals surface area contributed by atoms with Crippen LogP contribution in [-0.2, 0) is 14.3 Å². The van der Waals surface area contributed by atoms with Crippen molar-refractivity contribution in [2.45, 2.75) is 26.3 Å². The van der Waals surface area contributed by atoms with E-state index in [0.29, 0.717) is 17.5 Å². The van der Waals surface area contributed by atoms with Crippen LogP contribution in [0.25, 0.3) is 0 Å². The second-order valence-corrected chi connectivity index (χ2v) is 7.52. The number of amides is 2. The van der Waals surface area contributed by atoms with E-state index in [1.165, 1.54) is 53.4 Å². The average molecular weight is 414 g/mol. The van der Waals surface area contributed by atoms with E-state index in [1.54, 1.807) is 20.8 Å². The summed E-state index contributed by atoms with van der Waals surface area (Å²) in [6.45, 7) is 4.42.